The number of amides is 2. The van der Waals surface area contributed by atoms with Gasteiger partial charge in [0.25, 0.3) is 0 Å². The second-order valence-corrected chi connectivity index (χ2v) is 8.62. The summed E-state index contributed by atoms with van der Waals surface area (Å²) in [6.45, 7) is 2.14. The van der Waals surface area contributed by atoms with Crippen LogP contribution in [0.25, 0.3) is 0 Å². The lowest BCUT2D eigenvalue weighted by molar-refractivity contribution is -0.116. The molecule has 0 spiro atoms. The summed E-state index contributed by atoms with van der Waals surface area (Å²) < 4.78 is 52.3. The van der Waals surface area contributed by atoms with Gasteiger partial charge in [0.1, 0.15) is 5.82 Å². The number of carbonyl (C=O) groups excluding carboxylic acids is 2. The molecule has 0 atom stereocenters. The Labute approximate surface area is 178 Å². The Morgan fingerprint density at radius 3 is 2.55 bits per heavy atom. The number of hydrogen-bond donors (Lipinski definition) is 3. The average Bonchev–Trinajstić information content (AvgIpc) is 2.95. The first-order valence-corrected chi connectivity index (χ1v) is 10.9. The molecule has 0 aliphatic carbocycles. The molecule has 31 heavy (non-hydrogen) atoms. The van der Waals surface area contributed by atoms with Gasteiger partial charge in [0.15, 0.2) is 11.5 Å². The van der Waals surface area contributed by atoms with E-state index < -0.39 is 27.7 Å². The fourth-order valence-electron chi connectivity index (χ4n) is 2.86. The summed E-state index contributed by atoms with van der Waals surface area (Å²) in [5.41, 5.74) is 5.28. The van der Waals surface area contributed by atoms with Gasteiger partial charge in [-0.05, 0) is 31.2 Å². The summed E-state index contributed by atoms with van der Waals surface area (Å²) in [6.07, 6.45) is 0.474. The Bertz CT molecular complexity index is 1120. The van der Waals surface area contributed by atoms with Gasteiger partial charge in [-0.1, -0.05) is 0 Å². The minimum Gasteiger partial charge on any atom is -0.490 e. The van der Waals surface area contributed by atoms with Crippen LogP contribution in [0, 0.1) is 12.7 Å². The van der Waals surface area contributed by atoms with Crippen LogP contribution in [0.15, 0.2) is 35.2 Å². The Balaban J connectivity index is 1.61. The van der Waals surface area contributed by atoms with Crippen molar-refractivity contribution < 1.29 is 31.9 Å². The van der Waals surface area contributed by atoms with E-state index in [1.807, 2.05) is 0 Å². The lowest BCUT2D eigenvalue weighted by Crippen LogP contribution is -2.28. The molecule has 2 aromatic carbocycles. The number of fused-ring (bicyclic) bond motifs is 1. The van der Waals surface area contributed by atoms with Crippen molar-refractivity contribution >= 4 is 27.5 Å². The molecule has 0 saturated heterocycles. The molecular weight excluding hydrogens is 429 g/mol. The van der Waals surface area contributed by atoms with Crippen LogP contribution in [-0.4, -0.2) is 40.0 Å². The van der Waals surface area contributed by atoms with Gasteiger partial charge < -0.3 is 20.5 Å². The molecule has 1 aliphatic rings. The van der Waals surface area contributed by atoms with E-state index in [2.05, 4.69) is 10.0 Å². The number of ether oxygens (including phenoxy) is 2. The van der Waals surface area contributed by atoms with E-state index in [-0.39, 0.29) is 34.7 Å². The van der Waals surface area contributed by atoms with E-state index in [1.165, 1.54) is 31.2 Å². The van der Waals surface area contributed by atoms with Gasteiger partial charge in [-0.3, -0.25) is 9.59 Å². The number of sulfonamides is 1. The van der Waals surface area contributed by atoms with Gasteiger partial charge in [-0.15, -0.1) is 0 Å². The quantitative estimate of drug-likeness (QED) is 0.586. The van der Waals surface area contributed by atoms with Crippen LogP contribution < -0.4 is 25.2 Å². The van der Waals surface area contributed by atoms with E-state index in [9.17, 15) is 22.4 Å². The lowest BCUT2D eigenvalue weighted by Gasteiger charge is -2.12. The van der Waals surface area contributed by atoms with E-state index in [4.69, 9.17) is 15.2 Å². The molecule has 0 bridgehead atoms. The molecule has 1 heterocycles. The van der Waals surface area contributed by atoms with E-state index in [0.717, 1.165) is 6.07 Å². The number of nitrogens with two attached hydrogens (primary N) is 1. The Morgan fingerprint density at radius 2 is 1.84 bits per heavy atom. The molecule has 11 heteroatoms. The minimum atomic E-state index is -3.89. The largest absolute Gasteiger partial charge is 0.490 e. The molecule has 9 nitrogen and oxygen atoms in total. The molecule has 1 aliphatic heterocycles. The Hall–Kier alpha value is -3.18. The van der Waals surface area contributed by atoms with Crippen molar-refractivity contribution in [3.05, 3.63) is 47.3 Å². The van der Waals surface area contributed by atoms with Crippen LogP contribution in [0.4, 0.5) is 10.1 Å². The van der Waals surface area contributed by atoms with Crippen molar-refractivity contribution in [2.75, 3.05) is 25.1 Å². The summed E-state index contributed by atoms with van der Waals surface area (Å²) in [5, 5.41) is 2.46. The second-order valence-electron chi connectivity index (χ2n) is 6.85. The van der Waals surface area contributed by atoms with Crippen molar-refractivity contribution in [2.24, 2.45) is 5.73 Å². The molecule has 0 saturated carbocycles. The summed E-state index contributed by atoms with van der Waals surface area (Å²) in [5.74, 6) is -1.29. The normalized spacial score (nSPS) is 13.4. The number of primary amides is 1. The van der Waals surface area contributed by atoms with Gasteiger partial charge in [0, 0.05) is 42.3 Å². The molecule has 3 rings (SSSR count). The van der Waals surface area contributed by atoms with Crippen molar-refractivity contribution in [1.82, 2.24) is 4.72 Å². The first kappa shape index (κ1) is 22.5. The van der Waals surface area contributed by atoms with Crippen molar-refractivity contribution in [3.8, 4) is 11.5 Å². The van der Waals surface area contributed by atoms with Crippen LogP contribution in [0.1, 0.15) is 28.8 Å². The molecule has 2 aromatic rings. The number of rotatable bonds is 7. The molecule has 166 valence electrons. The van der Waals surface area contributed by atoms with Gasteiger partial charge in [0.05, 0.1) is 18.1 Å². The van der Waals surface area contributed by atoms with Crippen LogP contribution in [0.2, 0.25) is 0 Å². The van der Waals surface area contributed by atoms with E-state index in [1.54, 1.807) is 0 Å². The zero-order valence-electron chi connectivity index (χ0n) is 16.7. The fourth-order valence-corrected chi connectivity index (χ4v) is 3.90. The highest BCUT2D eigenvalue weighted by atomic mass is 32.2. The highest BCUT2D eigenvalue weighted by Gasteiger charge is 2.19. The highest BCUT2D eigenvalue weighted by molar-refractivity contribution is 7.89. The number of hydrogen-bond acceptors (Lipinski definition) is 6. The number of anilines is 1. The molecule has 0 radical (unpaired) electrons. The first-order chi connectivity index (χ1) is 14.7. The van der Waals surface area contributed by atoms with Crippen LogP contribution in [-0.2, 0) is 14.8 Å². The maximum atomic E-state index is 13.9. The number of carbonyl (C=O) groups is 2. The zero-order chi connectivity index (χ0) is 22.6. The summed E-state index contributed by atoms with van der Waals surface area (Å²) in [6, 6.07) is 6.52. The van der Waals surface area contributed by atoms with Gasteiger partial charge in [-0.2, -0.15) is 0 Å². The fraction of sp³-hybridized carbons (Fsp3) is 0.300. The topological polar surface area (TPSA) is 137 Å². The number of nitrogens with one attached hydrogen (secondary N) is 2. The first-order valence-electron chi connectivity index (χ1n) is 9.46. The summed E-state index contributed by atoms with van der Waals surface area (Å²) >= 11 is 0. The third-order valence-electron chi connectivity index (χ3n) is 4.58. The van der Waals surface area contributed by atoms with Gasteiger partial charge >= 0.3 is 0 Å². The SMILES string of the molecule is Cc1c(F)cc(C(N)=O)cc1NC(=O)CCNS(=O)(=O)c1ccc2c(c1)OCCCO2. The number of benzene rings is 2. The maximum absolute atomic E-state index is 13.9. The predicted molar refractivity (Wildman–Crippen MR) is 110 cm³/mol. The van der Waals surface area contributed by atoms with Crippen LogP contribution in [0.5, 0.6) is 11.5 Å². The molecule has 0 fully saturated rings. The van der Waals surface area contributed by atoms with Gasteiger partial charge in [-0.25, -0.2) is 17.5 Å². The highest BCUT2D eigenvalue weighted by Crippen LogP contribution is 2.31. The van der Waals surface area contributed by atoms with E-state index in [0.29, 0.717) is 31.1 Å². The summed E-state index contributed by atoms with van der Waals surface area (Å²) in [7, 11) is -3.89. The monoisotopic (exact) mass is 451 g/mol. The minimum absolute atomic E-state index is 0.0239. The standard InChI is InChI=1S/C20H22FN3O6S/c1-12-15(21)9-13(20(22)26)10-16(12)24-19(25)5-6-23-31(27,28)14-3-4-17-18(11-14)30-8-2-7-29-17/h3-4,9-11,23H,2,5-8H2,1H3,(H2,22,26)(H,24,25). The van der Waals surface area contributed by atoms with Crippen molar-refractivity contribution in [2.45, 2.75) is 24.7 Å². The maximum Gasteiger partial charge on any atom is 0.248 e. The zero-order valence-corrected chi connectivity index (χ0v) is 17.6. The third kappa shape index (κ3) is 5.50. The van der Waals surface area contributed by atoms with Gasteiger partial charge in [0.2, 0.25) is 21.8 Å². The lowest BCUT2D eigenvalue weighted by atomic mass is 10.1. The van der Waals surface area contributed by atoms with Crippen molar-refractivity contribution in [3.63, 3.8) is 0 Å². The smallest absolute Gasteiger partial charge is 0.248 e. The molecule has 4 N–H and O–H groups in total. The number of halogens is 1. The molecule has 2 amide bonds. The molecule has 0 unspecified atom stereocenters. The molecular formula is C20H22FN3O6S. The van der Waals surface area contributed by atoms with Crippen LogP contribution >= 0.6 is 0 Å². The Morgan fingerprint density at radius 1 is 1.13 bits per heavy atom. The Kier molecular flexibility index (Phi) is 6.76. The third-order valence-corrected chi connectivity index (χ3v) is 6.04. The van der Waals surface area contributed by atoms with Crippen LogP contribution in [0.3, 0.4) is 0 Å². The second kappa shape index (κ2) is 9.31. The van der Waals surface area contributed by atoms with Crippen molar-refractivity contribution in [1.29, 1.82) is 0 Å². The average molecular weight is 451 g/mol. The molecule has 0 aromatic heterocycles. The predicted octanol–water partition coefficient (Wildman–Crippen LogP) is 1.70. The summed E-state index contributed by atoms with van der Waals surface area (Å²) in [4.78, 5) is 23.4. The van der Waals surface area contributed by atoms with E-state index >= 15 is 0 Å².